The molecule has 16 heavy (non-hydrogen) atoms. The van der Waals surface area contributed by atoms with Crippen molar-refractivity contribution in [1.29, 1.82) is 0 Å². The number of hydrogen-bond donors (Lipinski definition) is 1. The van der Waals surface area contributed by atoms with Crippen LogP contribution in [0.3, 0.4) is 0 Å². The van der Waals surface area contributed by atoms with Crippen LogP contribution in [0.4, 0.5) is 5.82 Å². The highest BCUT2D eigenvalue weighted by atomic mass is 15.0. The smallest absolute Gasteiger partial charge is 0.129 e. The monoisotopic (exact) mass is 218 g/mol. The molecule has 1 aliphatic heterocycles. The van der Waals surface area contributed by atoms with Crippen LogP contribution in [0.25, 0.3) is 0 Å². The van der Waals surface area contributed by atoms with Gasteiger partial charge in [0, 0.05) is 12.2 Å². The van der Waals surface area contributed by atoms with E-state index in [2.05, 4.69) is 23.3 Å². The van der Waals surface area contributed by atoms with Crippen molar-refractivity contribution in [2.24, 2.45) is 0 Å². The fourth-order valence-electron chi connectivity index (χ4n) is 2.40. The third kappa shape index (κ3) is 2.97. The van der Waals surface area contributed by atoms with Gasteiger partial charge in [-0.2, -0.15) is 0 Å². The fourth-order valence-corrected chi connectivity index (χ4v) is 2.40. The van der Waals surface area contributed by atoms with Crippen molar-refractivity contribution >= 4 is 5.82 Å². The summed E-state index contributed by atoms with van der Waals surface area (Å²) in [5, 5.41) is 3.56. The van der Waals surface area contributed by atoms with Gasteiger partial charge in [-0.25, -0.2) is 4.98 Å². The van der Waals surface area contributed by atoms with E-state index in [9.17, 15) is 0 Å². The standard InChI is InChI=1S/C14H22N2/c1-2-3-4-5-8-13-10-9-12-7-6-11-15-14(12)16-13/h6-7,11,13H,2-5,8-10H2,1H3,(H,15,16). The lowest BCUT2D eigenvalue weighted by Crippen LogP contribution is -2.26. The second kappa shape index (κ2) is 5.88. The molecule has 0 amide bonds. The molecule has 0 bridgehead atoms. The van der Waals surface area contributed by atoms with Crippen LogP contribution in [0, 0.1) is 0 Å². The lowest BCUT2D eigenvalue weighted by atomic mass is 9.96. The van der Waals surface area contributed by atoms with Gasteiger partial charge >= 0.3 is 0 Å². The summed E-state index contributed by atoms with van der Waals surface area (Å²) in [4.78, 5) is 4.40. The normalized spacial score (nSPS) is 18.9. The molecule has 0 saturated heterocycles. The molecule has 0 aromatic carbocycles. The Morgan fingerprint density at radius 1 is 1.38 bits per heavy atom. The molecule has 0 saturated carbocycles. The lowest BCUT2D eigenvalue weighted by molar-refractivity contribution is 0.533. The van der Waals surface area contributed by atoms with Gasteiger partial charge < -0.3 is 5.32 Å². The van der Waals surface area contributed by atoms with Crippen molar-refractivity contribution in [1.82, 2.24) is 4.98 Å². The van der Waals surface area contributed by atoms with Crippen LogP contribution in [0.1, 0.15) is 51.0 Å². The average molecular weight is 218 g/mol. The maximum atomic E-state index is 4.40. The molecule has 2 heteroatoms. The molecular formula is C14H22N2. The number of anilines is 1. The van der Waals surface area contributed by atoms with E-state index in [0.29, 0.717) is 6.04 Å². The first-order valence-corrected chi connectivity index (χ1v) is 6.60. The van der Waals surface area contributed by atoms with E-state index in [0.717, 1.165) is 5.82 Å². The third-order valence-corrected chi connectivity index (χ3v) is 3.40. The number of aromatic nitrogens is 1. The summed E-state index contributed by atoms with van der Waals surface area (Å²) in [5.74, 6) is 1.12. The van der Waals surface area contributed by atoms with Gasteiger partial charge in [0.1, 0.15) is 5.82 Å². The molecule has 0 radical (unpaired) electrons. The van der Waals surface area contributed by atoms with Gasteiger partial charge in [-0.05, 0) is 30.9 Å². The molecule has 2 heterocycles. The Balaban J connectivity index is 1.79. The maximum Gasteiger partial charge on any atom is 0.129 e. The number of rotatable bonds is 5. The number of hydrogen-bond acceptors (Lipinski definition) is 2. The minimum absolute atomic E-state index is 0.652. The Hall–Kier alpha value is -1.05. The summed E-state index contributed by atoms with van der Waals surface area (Å²) in [6, 6.07) is 4.87. The average Bonchev–Trinajstić information content (AvgIpc) is 2.34. The Morgan fingerprint density at radius 3 is 3.19 bits per heavy atom. The summed E-state index contributed by atoms with van der Waals surface area (Å²) in [7, 11) is 0. The summed E-state index contributed by atoms with van der Waals surface area (Å²) in [6.45, 7) is 2.26. The molecule has 0 spiro atoms. The fraction of sp³-hybridized carbons (Fsp3) is 0.643. The minimum atomic E-state index is 0.652. The lowest BCUT2D eigenvalue weighted by Gasteiger charge is -2.25. The number of aryl methyl sites for hydroxylation is 1. The van der Waals surface area contributed by atoms with Crippen LogP contribution in [-0.4, -0.2) is 11.0 Å². The predicted molar refractivity (Wildman–Crippen MR) is 68.7 cm³/mol. The number of pyridine rings is 1. The predicted octanol–water partition coefficient (Wildman–Crippen LogP) is 3.78. The maximum absolute atomic E-state index is 4.40. The van der Waals surface area contributed by atoms with Crippen molar-refractivity contribution < 1.29 is 0 Å². The van der Waals surface area contributed by atoms with Crippen molar-refractivity contribution in [3.8, 4) is 0 Å². The Labute approximate surface area is 98.5 Å². The molecule has 1 aromatic rings. The zero-order chi connectivity index (χ0) is 11.2. The molecule has 2 rings (SSSR count). The second-order valence-corrected chi connectivity index (χ2v) is 4.74. The topological polar surface area (TPSA) is 24.9 Å². The van der Waals surface area contributed by atoms with Gasteiger partial charge in [-0.15, -0.1) is 0 Å². The van der Waals surface area contributed by atoms with Gasteiger partial charge in [0.2, 0.25) is 0 Å². The van der Waals surface area contributed by atoms with Crippen LogP contribution in [0.5, 0.6) is 0 Å². The molecular weight excluding hydrogens is 196 g/mol. The summed E-state index contributed by atoms with van der Waals surface area (Å²) < 4.78 is 0. The number of nitrogens with zero attached hydrogens (tertiary/aromatic N) is 1. The molecule has 1 aliphatic rings. The highest BCUT2D eigenvalue weighted by Gasteiger charge is 2.17. The number of nitrogens with one attached hydrogen (secondary N) is 1. The Morgan fingerprint density at radius 2 is 2.31 bits per heavy atom. The van der Waals surface area contributed by atoms with Gasteiger partial charge in [-0.3, -0.25) is 0 Å². The molecule has 1 N–H and O–H groups in total. The summed E-state index contributed by atoms with van der Waals surface area (Å²) >= 11 is 0. The Kier molecular flexibility index (Phi) is 4.20. The molecule has 0 fully saturated rings. The van der Waals surface area contributed by atoms with E-state index in [1.54, 1.807) is 0 Å². The molecule has 0 aliphatic carbocycles. The van der Waals surface area contributed by atoms with Crippen LogP contribution in [-0.2, 0) is 6.42 Å². The molecule has 2 nitrogen and oxygen atoms in total. The van der Waals surface area contributed by atoms with Crippen LogP contribution in [0.2, 0.25) is 0 Å². The molecule has 1 aromatic heterocycles. The largest absolute Gasteiger partial charge is 0.367 e. The van der Waals surface area contributed by atoms with Gasteiger partial charge in [-0.1, -0.05) is 38.7 Å². The minimum Gasteiger partial charge on any atom is -0.367 e. The Bertz CT molecular complexity index is 322. The van der Waals surface area contributed by atoms with Crippen molar-refractivity contribution in [3.63, 3.8) is 0 Å². The van der Waals surface area contributed by atoms with Crippen molar-refractivity contribution in [2.45, 2.75) is 57.9 Å². The SMILES string of the molecule is CCCCCCC1CCc2cccnc2N1. The van der Waals surface area contributed by atoms with E-state index in [1.165, 1.54) is 50.5 Å². The van der Waals surface area contributed by atoms with Gasteiger partial charge in [0.05, 0.1) is 0 Å². The first kappa shape index (κ1) is 11.4. The van der Waals surface area contributed by atoms with E-state index < -0.39 is 0 Å². The van der Waals surface area contributed by atoms with Gasteiger partial charge in [0.25, 0.3) is 0 Å². The van der Waals surface area contributed by atoms with E-state index in [1.807, 2.05) is 12.3 Å². The highest BCUT2D eigenvalue weighted by molar-refractivity contribution is 5.46. The first-order chi connectivity index (χ1) is 7.90. The van der Waals surface area contributed by atoms with Crippen molar-refractivity contribution in [3.05, 3.63) is 23.9 Å². The van der Waals surface area contributed by atoms with Crippen molar-refractivity contribution in [2.75, 3.05) is 5.32 Å². The quantitative estimate of drug-likeness (QED) is 0.761. The van der Waals surface area contributed by atoms with Crippen LogP contribution < -0.4 is 5.32 Å². The zero-order valence-electron chi connectivity index (χ0n) is 10.2. The molecule has 1 atom stereocenters. The van der Waals surface area contributed by atoms with E-state index in [4.69, 9.17) is 0 Å². The molecule has 1 unspecified atom stereocenters. The van der Waals surface area contributed by atoms with Crippen LogP contribution >= 0.6 is 0 Å². The van der Waals surface area contributed by atoms with E-state index >= 15 is 0 Å². The third-order valence-electron chi connectivity index (χ3n) is 3.40. The molecule has 88 valence electrons. The van der Waals surface area contributed by atoms with Gasteiger partial charge in [0.15, 0.2) is 0 Å². The number of unbranched alkanes of at least 4 members (excludes halogenated alkanes) is 3. The summed E-state index contributed by atoms with van der Waals surface area (Å²) in [5.41, 5.74) is 1.38. The zero-order valence-corrected chi connectivity index (χ0v) is 10.2. The summed E-state index contributed by atoms with van der Waals surface area (Å²) in [6.07, 6.45) is 11.1. The highest BCUT2D eigenvalue weighted by Crippen LogP contribution is 2.24. The second-order valence-electron chi connectivity index (χ2n) is 4.74. The van der Waals surface area contributed by atoms with E-state index in [-0.39, 0.29) is 0 Å². The number of fused-ring (bicyclic) bond motifs is 1. The first-order valence-electron chi connectivity index (χ1n) is 6.60. The van der Waals surface area contributed by atoms with Crippen LogP contribution in [0.15, 0.2) is 18.3 Å².